The SMILES string of the molecule is COc1cc(-c2ccc(OS(C)(=O)=O)c(F)c2)c(OC)cc1OS(=O)(=O)C(F)(F)F. The number of halogens is 4. The third-order valence-corrected chi connectivity index (χ3v) is 4.90. The minimum Gasteiger partial charge on any atom is -0.496 e. The molecule has 0 atom stereocenters. The van der Waals surface area contributed by atoms with Gasteiger partial charge in [-0.2, -0.15) is 30.0 Å². The summed E-state index contributed by atoms with van der Waals surface area (Å²) in [5.41, 5.74) is -5.51. The molecule has 166 valence electrons. The molecule has 0 saturated heterocycles. The molecule has 0 fully saturated rings. The second-order valence-electron chi connectivity index (χ2n) is 5.62. The van der Waals surface area contributed by atoms with Crippen molar-refractivity contribution in [1.29, 1.82) is 0 Å². The standard InChI is InChI=1S/C16H14F4O8S2/c1-25-13-8-15(28-30(23,24)16(18,19)20)14(26-2)7-10(13)9-4-5-12(11(17)6-9)27-29(3,21)22/h4-8H,1-3H3. The van der Waals surface area contributed by atoms with Gasteiger partial charge < -0.3 is 17.8 Å². The lowest BCUT2D eigenvalue weighted by atomic mass is 10.0. The number of rotatable bonds is 7. The van der Waals surface area contributed by atoms with Crippen molar-refractivity contribution in [2.24, 2.45) is 0 Å². The van der Waals surface area contributed by atoms with Crippen molar-refractivity contribution in [2.45, 2.75) is 5.51 Å². The molecule has 0 aliphatic rings. The van der Waals surface area contributed by atoms with Gasteiger partial charge in [0.15, 0.2) is 23.1 Å². The Morgan fingerprint density at radius 3 is 1.87 bits per heavy atom. The second kappa shape index (κ2) is 8.18. The Balaban J connectivity index is 2.56. The van der Waals surface area contributed by atoms with Gasteiger partial charge in [0, 0.05) is 11.6 Å². The lowest BCUT2D eigenvalue weighted by Crippen LogP contribution is -2.28. The van der Waals surface area contributed by atoms with Gasteiger partial charge in [-0.1, -0.05) is 6.07 Å². The minimum absolute atomic E-state index is 0.0795. The summed E-state index contributed by atoms with van der Waals surface area (Å²) in [6, 6.07) is 5.01. The van der Waals surface area contributed by atoms with Crippen LogP contribution in [0.15, 0.2) is 30.3 Å². The van der Waals surface area contributed by atoms with Crippen LogP contribution in [0.2, 0.25) is 0 Å². The Labute approximate surface area is 169 Å². The van der Waals surface area contributed by atoms with E-state index < -0.39 is 48.8 Å². The molecule has 2 aromatic rings. The van der Waals surface area contributed by atoms with Gasteiger partial charge in [0.2, 0.25) is 0 Å². The zero-order valence-electron chi connectivity index (χ0n) is 15.5. The van der Waals surface area contributed by atoms with E-state index in [1.54, 1.807) is 0 Å². The monoisotopic (exact) mass is 474 g/mol. The Bertz CT molecular complexity index is 1160. The van der Waals surface area contributed by atoms with Crippen molar-refractivity contribution in [1.82, 2.24) is 0 Å². The van der Waals surface area contributed by atoms with Crippen LogP contribution in [0.25, 0.3) is 11.1 Å². The number of hydrogen-bond donors (Lipinski definition) is 0. The molecule has 0 spiro atoms. The average molecular weight is 474 g/mol. The number of benzene rings is 2. The molecule has 0 unspecified atom stereocenters. The van der Waals surface area contributed by atoms with Crippen LogP contribution in [0.1, 0.15) is 0 Å². The zero-order valence-corrected chi connectivity index (χ0v) is 17.1. The van der Waals surface area contributed by atoms with Gasteiger partial charge in [-0.25, -0.2) is 4.39 Å². The molecule has 0 aliphatic heterocycles. The van der Waals surface area contributed by atoms with Crippen LogP contribution in [0.4, 0.5) is 17.6 Å². The molecule has 14 heteroatoms. The maximum absolute atomic E-state index is 14.2. The molecule has 0 amide bonds. The van der Waals surface area contributed by atoms with Crippen molar-refractivity contribution in [3.05, 3.63) is 36.1 Å². The summed E-state index contributed by atoms with van der Waals surface area (Å²) < 4.78 is 115. The highest BCUT2D eigenvalue weighted by Crippen LogP contribution is 2.42. The van der Waals surface area contributed by atoms with E-state index in [1.807, 2.05) is 0 Å². The highest BCUT2D eigenvalue weighted by Gasteiger charge is 2.49. The van der Waals surface area contributed by atoms with E-state index in [2.05, 4.69) is 8.37 Å². The highest BCUT2D eigenvalue weighted by molar-refractivity contribution is 7.88. The van der Waals surface area contributed by atoms with Crippen LogP contribution < -0.4 is 17.8 Å². The predicted molar refractivity (Wildman–Crippen MR) is 96.0 cm³/mol. The van der Waals surface area contributed by atoms with Crippen molar-refractivity contribution in [2.75, 3.05) is 20.5 Å². The fraction of sp³-hybridized carbons (Fsp3) is 0.250. The largest absolute Gasteiger partial charge is 0.534 e. The fourth-order valence-electron chi connectivity index (χ4n) is 2.22. The van der Waals surface area contributed by atoms with Gasteiger partial charge in [-0.3, -0.25) is 0 Å². The lowest BCUT2D eigenvalue weighted by molar-refractivity contribution is -0.0500. The van der Waals surface area contributed by atoms with Crippen molar-refractivity contribution in [3.63, 3.8) is 0 Å². The molecule has 8 nitrogen and oxygen atoms in total. The summed E-state index contributed by atoms with van der Waals surface area (Å²) in [5, 5.41) is 0. The number of methoxy groups -OCH3 is 2. The maximum atomic E-state index is 14.2. The minimum atomic E-state index is -5.98. The molecule has 0 radical (unpaired) electrons. The van der Waals surface area contributed by atoms with Crippen molar-refractivity contribution < 1.29 is 52.2 Å². The van der Waals surface area contributed by atoms with E-state index in [4.69, 9.17) is 9.47 Å². The van der Waals surface area contributed by atoms with Gasteiger partial charge in [-0.05, 0) is 23.8 Å². The smallest absolute Gasteiger partial charge is 0.496 e. The predicted octanol–water partition coefficient (Wildman–Crippen LogP) is 3.08. The molecule has 0 N–H and O–H groups in total. The van der Waals surface area contributed by atoms with E-state index >= 15 is 0 Å². The number of alkyl halides is 3. The lowest BCUT2D eigenvalue weighted by Gasteiger charge is -2.16. The Morgan fingerprint density at radius 2 is 1.40 bits per heavy atom. The van der Waals surface area contributed by atoms with Crippen LogP contribution in [-0.4, -0.2) is 42.8 Å². The first-order valence-corrected chi connectivity index (χ1v) is 10.9. The highest BCUT2D eigenvalue weighted by atomic mass is 32.2. The molecule has 2 aromatic carbocycles. The molecule has 30 heavy (non-hydrogen) atoms. The van der Waals surface area contributed by atoms with Crippen LogP contribution >= 0.6 is 0 Å². The van der Waals surface area contributed by atoms with Crippen molar-refractivity contribution in [3.8, 4) is 34.1 Å². The van der Waals surface area contributed by atoms with Gasteiger partial charge in [0.05, 0.1) is 20.5 Å². The van der Waals surface area contributed by atoms with Crippen LogP contribution in [0.5, 0.6) is 23.0 Å². The topological polar surface area (TPSA) is 105 Å². The maximum Gasteiger partial charge on any atom is 0.534 e. The second-order valence-corrected chi connectivity index (χ2v) is 8.73. The summed E-state index contributed by atoms with van der Waals surface area (Å²) in [7, 11) is -7.80. The van der Waals surface area contributed by atoms with Crippen LogP contribution in [0, 0.1) is 5.82 Å². The molecule has 0 heterocycles. The summed E-state index contributed by atoms with van der Waals surface area (Å²) in [5.74, 6) is -3.05. The normalized spacial score (nSPS) is 12.4. The molecule has 0 aliphatic carbocycles. The van der Waals surface area contributed by atoms with E-state index in [0.717, 1.165) is 44.7 Å². The first kappa shape index (κ1) is 23.5. The van der Waals surface area contributed by atoms with Crippen molar-refractivity contribution >= 4 is 20.2 Å². The summed E-state index contributed by atoms with van der Waals surface area (Å²) in [6.07, 6.45) is 0.724. The average Bonchev–Trinajstić information content (AvgIpc) is 2.60. The first-order chi connectivity index (χ1) is 13.7. The summed E-state index contributed by atoms with van der Waals surface area (Å²) in [4.78, 5) is 0. The van der Waals surface area contributed by atoms with E-state index in [-0.39, 0.29) is 16.9 Å². The number of ether oxygens (including phenoxy) is 2. The fourth-order valence-corrected chi connectivity index (χ4v) is 3.15. The first-order valence-electron chi connectivity index (χ1n) is 7.64. The third kappa shape index (κ3) is 5.24. The summed E-state index contributed by atoms with van der Waals surface area (Å²) >= 11 is 0. The molecule has 2 rings (SSSR count). The molecule has 0 bridgehead atoms. The molecular formula is C16H14F4O8S2. The van der Waals surface area contributed by atoms with Gasteiger partial charge in [0.25, 0.3) is 0 Å². The molecule has 0 aromatic heterocycles. The van der Waals surface area contributed by atoms with E-state index in [1.165, 1.54) is 6.07 Å². The third-order valence-electron chi connectivity index (χ3n) is 3.45. The zero-order chi connectivity index (χ0) is 22.9. The molecule has 0 saturated carbocycles. The van der Waals surface area contributed by atoms with Crippen LogP contribution in [-0.2, 0) is 20.2 Å². The summed E-state index contributed by atoms with van der Waals surface area (Å²) in [6.45, 7) is 0. The Kier molecular flexibility index (Phi) is 6.42. The van der Waals surface area contributed by atoms with E-state index in [0.29, 0.717) is 0 Å². The Hall–Kier alpha value is -2.74. The quantitative estimate of drug-likeness (QED) is 0.343. The van der Waals surface area contributed by atoms with Gasteiger partial charge >= 0.3 is 25.7 Å². The van der Waals surface area contributed by atoms with Gasteiger partial charge in [-0.15, -0.1) is 0 Å². The van der Waals surface area contributed by atoms with Gasteiger partial charge in [0.1, 0.15) is 5.75 Å². The number of hydrogen-bond acceptors (Lipinski definition) is 8. The molecular weight excluding hydrogens is 460 g/mol. The Morgan fingerprint density at radius 1 is 0.800 bits per heavy atom. The van der Waals surface area contributed by atoms with Crippen LogP contribution in [0.3, 0.4) is 0 Å². The van der Waals surface area contributed by atoms with E-state index in [9.17, 15) is 34.4 Å².